The Morgan fingerprint density at radius 3 is 2.58 bits per heavy atom. The zero-order valence-electron chi connectivity index (χ0n) is 12.9. The molecule has 3 heteroatoms. The van der Waals surface area contributed by atoms with E-state index in [1.54, 1.807) is 0 Å². The van der Waals surface area contributed by atoms with E-state index in [0.29, 0.717) is 11.6 Å². The van der Waals surface area contributed by atoms with Gasteiger partial charge in [0.2, 0.25) is 0 Å². The average molecular weight is 266 g/mol. The molecule has 3 fully saturated rings. The summed E-state index contributed by atoms with van der Waals surface area (Å²) in [5.41, 5.74) is 0.597. The second-order valence-corrected chi connectivity index (χ2v) is 7.73. The van der Waals surface area contributed by atoms with Crippen molar-refractivity contribution in [1.82, 2.24) is 10.2 Å². The van der Waals surface area contributed by atoms with Crippen LogP contribution in [0.5, 0.6) is 0 Å². The maximum atomic E-state index is 5.96. The molecule has 0 aromatic heterocycles. The minimum absolute atomic E-state index is 0.259. The lowest BCUT2D eigenvalue weighted by Gasteiger charge is -2.52. The van der Waals surface area contributed by atoms with E-state index in [1.165, 1.54) is 38.6 Å². The van der Waals surface area contributed by atoms with Crippen LogP contribution >= 0.6 is 0 Å². The summed E-state index contributed by atoms with van der Waals surface area (Å²) in [6.45, 7) is 11.5. The molecule has 1 aliphatic carbocycles. The first-order chi connectivity index (χ1) is 9.00. The van der Waals surface area contributed by atoms with E-state index in [2.05, 4.69) is 31.0 Å². The van der Waals surface area contributed by atoms with E-state index in [4.69, 9.17) is 4.74 Å². The maximum Gasteiger partial charge on any atom is 0.0702 e. The molecule has 1 N–H and O–H groups in total. The van der Waals surface area contributed by atoms with Crippen LogP contribution in [0, 0.1) is 5.92 Å². The van der Waals surface area contributed by atoms with Crippen molar-refractivity contribution >= 4 is 0 Å². The van der Waals surface area contributed by atoms with Gasteiger partial charge in [-0.05, 0) is 58.8 Å². The van der Waals surface area contributed by atoms with Crippen LogP contribution in [0.3, 0.4) is 0 Å². The zero-order valence-corrected chi connectivity index (χ0v) is 12.9. The molecule has 0 aromatic carbocycles. The minimum atomic E-state index is 0.259. The fraction of sp³-hybridized carbons (Fsp3) is 1.00. The lowest BCUT2D eigenvalue weighted by Crippen LogP contribution is -2.68. The first-order valence-corrected chi connectivity index (χ1v) is 8.11. The van der Waals surface area contributed by atoms with Crippen molar-refractivity contribution < 1.29 is 4.74 Å². The van der Waals surface area contributed by atoms with Gasteiger partial charge in [0.05, 0.1) is 6.10 Å². The topological polar surface area (TPSA) is 24.5 Å². The number of nitrogens with zero attached hydrogens (tertiary/aromatic N) is 1. The van der Waals surface area contributed by atoms with Gasteiger partial charge in [-0.3, -0.25) is 4.90 Å². The largest absolute Gasteiger partial charge is 0.377 e. The van der Waals surface area contributed by atoms with Gasteiger partial charge in [0.15, 0.2) is 0 Å². The second kappa shape index (κ2) is 5.01. The molecule has 0 spiro atoms. The number of hydrogen-bond donors (Lipinski definition) is 1. The van der Waals surface area contributed by atoms with Crippen LogP contribution in [0.1, 0.15) is 52.9 Å². The number of nitrogens with one attached hydrogen (secondary N) is 1. The Kier molecular flexibility index (Phi) is 3.65. The summed E-state index contributed by atoms with van der Waals surface area (Å²) in [4.78, 5) is 2.69. The van der Waals surface area contributed by atoms with Gasteiger partial charge in [-0.15, -0.1) is 0 Å². The molecule has 2 saturated heterocycles. The van der Waals surface area contributed by atoms with E-state index in [1.807, 2.05) is 0 Å². The molecule has 2 unspecified atom stereocenters. The van der Waals surface area contributed by atoms with Crippen molar-refractivity contribution in [2.24, 2.45) is 5.92 Å². The average Bonchev–Trinajstić information content (AvgIpc) is 3.20. The number of hydrogen-bond acceptors (Lipinski definition) is 3. The van der Waals surface area contributed by atoms with E-state index in [0.717, 1.165) is 25.6 Å². The molecule has 0 amide bonds. The molecule has 0 bridgehead atoms. The predicted molar refractivity (Wildman–Crippen MR) is 78.4 cm³/mol. The Morgan fingerprint density at radius 1 is 1.16 bits per heavy atom. The van der Waals surface area contributed by atoms with Crippen LogP contribution in [-0.2, 0) is 4.74 Å². The van der Waals surface area contributed by atoms with Crippen molar-refractivity contribution in [1.29, 1.82) is 0 Å². The summed E-state index contributed by atoms with van der Waals surface area (Å²) in [7, 11) is 0. The standard InChI is InChI=1S/C16H30N2O/c1-15(2)11-17-16(3,13-7-8-13)12-18(15)10-14-6-4-5-9-19-14/h13-14,17H,4-12H2,1-3H3. The normalized spacial score (nSPS) is 40.3. The maximum absolute atomic E-state index is 5.96. The van der Waals surface area contributed by atoms with Gasteiger partial charge >= 0.3 is 0 Å². The summed E-state index contributed by atoms with van der Waals surface area (Å²) in [6, 6.07) is 0. The van der Waals surface area contributed by atoms with Crippen molar-refractivity contribution in [3.05, 3.63) is 0 Å². The van der Waals surface area contributed by atoms with Crippen molar-refractivity contribution in [2.45, 2.75) is 70.1 Å². The molecule has 2 aliphatic heterocycles. The van der Waals surface area contributed by atoms with Crippen LogP contribution in [0.15, 0.2) is 0 Å². The highest BCUT2D eigenvalue weighted by atomic mass is 16.5. The third kappa shape index (κ3) is 2.98. The smallest absolute Gasteiger partial charge is 0.0702 e. The molecular weight excluding hydrogens is 236 g/mol. The van der Waals surface area contributed by atoms with Gasteiger partial charge in [-0.2, -0.15) is 0 Å². The lowest BCUT2D eigenvalue weighted by molar-refractivity contribution is -0.0499. The molecule has 3 aliphatic rings. The molecule has 2 atom stereocenters. The third-order valence-electron chi connectivity index (χ3n) is 5.48. The summed E-state index contributed by atoms with van der Waals surface area (Å²) in [5, 5.41) is 3.83. The van der Waals surface area contributed by atoms with Gasteiger partial charge in [0, 0.05) is 37.3 Å². The van der Waals surface area contributed by atoms with Crippen LogP contribution in [-0.4, -0.2) is 48.3 Å². The fourth-order valence-electron chi connectivity index (χ4n) is 3.70. The third-order valence-corrected chi connectivity index (χ3v) is 5.48. The van der Waals surface area contributed by atoms with Gasteiger partial charge in [-0.25, -0.2) is 0 Å². The molecule has 3 nitrogen and oxygen atoms in total. The van der Waals surface area contributed by atoms with E-state index in [9.17, 15) is 0 Å². The van der Waals surface area contributed by atoms with Crippen LogP contribution in [0.4, 0.5) is 0 Å². The summed E-state index contributed by atoms with van der Waals surface area (Å²) >= 11 is 0. The zero-order chi connectivity index (χ0) is 13.5. The molecule has 2 heterocycles. The highest BCUT2D eigenvalue weighted by Crippen LogP contribution is 2.42. The molecule has 3 rings (SSSR count). The monoisotopic (exact) mass is 266 g/mol. The lowest BCUT2D eigenvalue weighted by atomic mass is 9.86. The minimum Gasteiger partial charge on any atom is -0.377 e. The van der Waals surface area contributed by atoms with E-state index >= 15 is 0 Å². The van der Waals surface area contributed by atoms with Gasteiger partial charge in [-0.1, -0.05) is 0 Å². The Labute approximate surface area is 118 Å². The molecule has 0 aromatic rings. The Hall–Kier alpha value is -0.120. The quantitative estimate of drug-likeness (QED) is 0.849. The first kappa shape index (κ1) is 13.8. The predicted octanol–water partition coefficient (Wildman–Crippen LogP) is 2.41. The highest BCUT2D eigenvalue weighted by Gasteiger charge is 2.48. The number of piperazine rings is 1. The number of ether oxygens (including phenoxy) is 1. The van der Waals surface area contributed by atoms with E-state index < -0.39 is 0 Å². The Bertz CT molecular complexity index is 321. The second-order valence-electron chi connectivity index (χ2n) is 7.73. The molecular formula is C16H30N2O. The summed E-state index contributed by atoms with van der Waals surface area (Å²) < 4.78 is 5.96. The van der Waals surface area contributed by atoms with Crippen molar-refractivity contribution in [3.63, 3.8) is 0 Å². The van der Waals surface area contributed by atoms with Crippen LogP contribution in [0.2, 0.25) is 0 Å². The van der Waals surface area contributed by atoms with Crippen molar-refractivity contribution in [3.8, 4) is 0 Å². The molecule has 0 radical (unpaired) electrons. The van der Waals surface area contributed by atoms with Gasteiger partial charge < -0.3 is 10.1 Å². The first-order valence-electron chi connectivity index (χ1n) is 8.11. The van der Waals surface area contributed by atoms with Crippen LogP contribution in [0.25, 0.3) is 0 Å². The van der Waals surface area contributed by atoms with Crippen molar-refractivity contribution in [2.75, 3.05) is 26.2 Å². The fourth-order valence-corrected chi connectivity index (χ4v) is 3.70. The Morgan fingerprint density at radius 2 is 1.95 bits per heavy atom. The van der Waals surface area contributed by atoms with Gasteiger partial charge in [0.1, 0.15) is 0 Å². The summed E-state index contributed by atoms with van der Waals surface area (Å²) in [6.07, 6.45) is 7.14. The van der Waals surface area contributed by atoms with E-state index in [-0.39, 0.29) is 5.54 Å². The number of rotatable bonds is 3. The molecule has 19 heavy (non-hydrogen) atoms. The molecule has 1 saturated carbocycles. The summed E-state index contributed by atoms with van der Waals surface area (Å²) in [5.74, 6) is 0.901. The SMILES string of the molecule is CC1(C2CC2)CN(CC2CCCCO2)C(C)(C)CN1. The highest BCUT2D eigenvalue weighted by molar-refractivity contribution is 5.06. The molecule has 110 valence electrons. The Balaban J connectivity index is 1.65. The van der Waals surface area contributed by atoms with Crippen LogP contribution < -0.4 is 5.32 Å². The van der Waals surface area contributed by atoms with Gasteiger partial charge in [0.25, 0.3) is 0 Å².